The summed E-state index contributed by atoms with van der Waals surface area (Å²) in [6.45, 7) is 4.07. The van der Waals surface area contributed by atoms with Crippen molar-refractivity contribution >= 4 is 0 Å². The summed E-state index contributed by atoms with van der Waals surface area (Å²) in [6.07, 6.45) is 0. The van der Waals surface area contributed by atoms with E-state index in [0.717, 1.165) is 6.54 Å². The van der Waals surface area contributed by atoms with Gasteiger partial charge in [0.2, 0.25) is 0 Å². The standard InChI is InChI=1S/C4H11NO2.C2H7N.FH/c6-3-1-5-2-4-7;1-2-3;/h5-7H,1-4H2;2-3H2,1H3;1H. The molecule has 0 atom stereocenters. The summed E-state index contributed by atoms with van der Waals surface area (Å²) < 4.78 is 0. The van der Waals surface area contributed by atoms with Gasteiger partial charge in [0, 0.05) is 13.1 Å². The van der Waals surface area contributed by atoms with Crippen molar-refractivity contribution < 1.29 is 14.9 Å². The molecule has 0 fully saturated rings. The van der Waals surface area contributed by atoms with Crippen LogP contribution >= 0.6 is 0 Å². The van der Waals surface area contributed by atoms with Crippen LogP contribution in [-0.4, -0.2) is 43.1 Å². The smallest absolute Gasteiger partial charge is 0.0555 e. The second kappa shape index (κ2) is 22.6. The van der Waals surface area contributed by atoms with Crippen LogP contribution in [0.15, 0.2) is 0 Å². The first kappa shape index (κ1) is 17.0. The highest BCUT2D eigenvalue weighted by Gasteiger charge is 1.78. The van der Waals surface area contributed by atoms with Gasteiger partial charge in [-0.2, -0.15) is 0 Å². The van der Waals surface area contributed by atoms with Crippen molar-refractivity contribution in [2.45, 2.75) is 6.92 Å². The molecule has 4 nitrogen and oxygen atoms in total. The fourth-order valence-corrected chi connectivity index (χ4v) is 0.283. The molecule has 0 amide bonds. The zero-order valence-corrected chi connectivity index (χ0v) is 6.92. The molecule has 72 valence electrons. The van der Waals surface area contributed by atoms with E-state index >= 15 is 0 Å². The van der Waals surface area contributed by atoms with Crippen molar-refractivity contribution in [3.63, 3.8) is 0 Å². The van der Waals surface area contributed by atoms with Gasteiger partial charge in [-0.15, -0.1) is 0 Å². The van der Waals surface area contributed by atoms with Crippen LogP contribution in [0.5, 0.6) is 0 Å². The first-order valence-electron chi connectivity index (χ1n) is 3.45. The van der Waals surface area contributed by atoms with Crippen LogP contribution in [0.4, 0.5) is 4.70 Å². The fraction of sp³-hybridized carbons (Fsp3) is 1.00. The van der Waals surface area contributed by atoms with Crippen LogP contribution in [0, 0.1) is 0 Å². The number of halogens is 1. The minimum Gasteiger partial charge on any atom is -0.395 e. The maximum Gasteiger partial charge on any atom is 0.0555 e. The molecule has 0 aliphatic rings. The molecule has 0 saturated heterocycles. The van der Waals surface area contributed by atoms with Crippen LogP contribution in [0.2, 0.25) is 0 Å². The number of hydrogen-bond donors (Lipinski definition) is 4. The molecule has 5 N–H and O–H groups in total. The minimum absolute atomic E-state index is 0. The molecule has 5 heteroatoms. The molecule has 0 saturated carbocycles. The fourth-order valence-electron chi connectivity index (χ4n) is 0.283. The van der Waals surface area contributed by atoms with Gasteiger partial charge >= 0.3 is 0 Å². The summed E-state index contributed by atoms with van der Waals surface area (Å²) in [5.41, 5.74) is 4.85. The summed E-state index contributed by atoms with van der Waals surface area (Å²) in [7, 11) is 0. The molecule has 0 heterocycles. The lowest BCUT2D eigenvalue weighted by molar-refractivity contribution is 0.267. The second-order valence-corrected chi connectivity index (χ2v) is 1.61. The number of nitrogens with one attached hydrogen (secondary N) is 1. The Kier molecular flexibility index (Phi) is 34.9. The Morgan fingerprint density at radius 2 is 1.45 bits per heavy atom. The Bertz CT molecular complexity index is 45.6. The Morgan fingerprint density at radius 3 is 1.64 bits per heavy atom. The molecule has 0 bridgehead atoms. The van der Waals surface area contributed by atoms with Crippen molar-refractivity contribution in [2.75, 3.05) is 32.8 Å². The monoisotopic (exact) mass is 170 g/mol. The summed E-state index contributed by atoms with van der Waals surface area (Å²) >= 11 is 0. The van der Waals surface area contributed by atoms with E-state index in [1.165, 1.54) is 0 Å². The highest BCUT2D eigenvalue weighted by Crippen LogP contribution is 1.54. The summed E-state index contributed by atoms with van der Waals surface area (Å²) in [4.78, 5) is 0. The van der Waals surface area contributed by atoms with Gasteiger partial charge in [0.15, 0.2) is 0 Å². The van der Waals surface area contributed by atoms with E-state index in [4.69, 9.17) is 15.9 Å². The quantitative estimate of drug-likeness (QED) is 0.395. The van der Waals surface area contributed by atoms with Gasteiger partial charge in [0.05, 0.1) is 13.2 Å². The lowest BCUT2D eigenvalue weighted by Crippen LogP contribution is -2.21. The molecule has 11 heavy (non-hydrogen) atoms. The highest BCUT2D eigenvalue weighted by atomic mass is 19.0. The number of aliphatic hydroxyl groups is 2. The molecule has 0 aromatic carbocycles. The minimum atomic E-state index is 0. The van der Waals surface area contributed by atoms with Crippen LogP contribution in [0.25, 0.3) is 0 Å². The average molecular weight is 170 g/mol. The largest absolute Gasteiger partial charge is 0.395 e. The maximum absolute atomic E-state index is 8.15. The molecule has 0 spiro atoms. The molecule has 0 rings (SSSR count). The van der Waals surface area contributed by atoms with Gasteiger partial charge in [0.25, 0.3) is 0 Å². The van der Waals surface area contributed by atoms with E-state index in [0.29, 0.717) is 13.1 Å². The Balaban J connectivity index is -0.000000140. The lowest BCUT2D eigenvalue weighted by Gasteiger charge is -1.94. The van der Waals surface area contributed by atoms with Crippen LogP contribution in [-0.2, 0) is 0 Å². The summed E-state index contributed by atoms with van der Waals surface area (Å²) in [5, 5.41) is 19.1. The van der Waals surface area contributed by atoms with Crippen molar-refractivity contribution in [3.8, 4) is 0 Å². The third-order valence-corrected chi connectivity index (χ3v) is 0.577. The van der Waals surface area contributed by atoms with Crippen molar-refractivity contribution in [2.24, 2.45) is 5.73 Å². The summed E-state index contributed by atoms with van der Waals surface area (Å²) in [5.74, 6) is 0. The third-order valence-electron chi connectivity index (χ3n) is 0.577. The number of nitrogens with two attached hydrogens (primary N) is 1. The second-order valence-electron chi connectivity index (χ2n) is 1.61. The molecule has 0 aromatic rings. The normalized spacial score (nSPS) is 7.64. The SMILES string of the molecule is CCN.F.OCCNCCO. The third kappa shape index (κ3) is 41.5. The topological polar surface area (TPSA) is 78.5 Å². The van der Waals surface area contributed by atoms with Crippen LogP contribution in [0.3, 0.4) is 0 Å². The number of aliphatic hydroxyl groups excluding tert-OH is 2. The van der Waals surface area contributed by atoms with Gasteiger partial charge < -0.3 is 21.3 Å². The maximum atomic E-state index is 8.15. The van der Waals surface area contributed by atoms with E-state index in [1.54, 1.807) is 0 Å². The molecule has 0 aromatic heterocycles. The zero-order valence-electron chi connectivity index (χ0n) is 6.92. The Labute approximate surface area is 66.8 Å². The van der Waals surface area contributed by atoms with Crippen molar-refractivity contribution in [3.05, 3.63) is 0 Å². The van der Waals surface area contributed by atoms with Gasteiger partial charge in [-0.3, -0.25) is 4.70 Å². The Hall–Kier alpha value is -0.230. The van der Waals surface area contributed by atoms with E-state index in [1.807, 2.05) is 6.92 Å². The first-order chi connectivity index (χ1) is 4.83. The van der Waals surface area contributed by atoms with Crippen molar-refractivity contribution in [1.29, 1.82) is 0 Å². The lowest BCUT2D eigenvalue weighted by atomic mass is 10.6. The average Bonchev–Trinajstić information content (AvgIpc) is 1.91. The Morgan fingerprint density at radius 1 is 1.18 bits per heavy atom. The van der Waals surface area contributed by atoms with Gasteiger partial charge in [-0.25, -0.2) is 0 Å². The van der Waals surface area contributed by atoms with Gasteiger partial charge in [-0.05, 0) is 6.54 Å². The predicted molar refractivity (Wildman–Crippen MR) is 44.3 cm³/mol. The van der Waals surface area contributed by atoms with E-state index in [-0.39, 0.29) is 17.9 Å². The van der Waals surface area contributed by atoms with Gasteiger partial charge in [0.1, 0.15) is 0 Å². The van der Waals surface area contributed by atoms with Crippen molar-refractivity contribution in [1.82, 2.24) is 5.32 Å². The van der Waals surface area contributed by atoms with E-state index < -0.39 is 0 Å². The summed E-state index contributed by atoms with van der Waals surface area (Å²) in [6, 6.07) is 0. The van der Waals surface area contributed by atoms with Gasteiger partial charge in [-0.1, -0.05) is 6.92 Å². The molecular formula is C6H19FN2O2. The van der Waals surface area contributed by atoms with E-state index in [2.05, 4.69) is 5.32 Å². The molecule has 0 aliphatic carbocycles. The predicted octanol–water partition coefficient (Wildman–Crippen LogP) is -1.32. The molecule has 0 radical (unpaired) electrons. The molecule has 0 unspecified atom stereocenters. The number of hydrogen-bond acceptors (Lipinski definition) is 4. The zero-order chi connectivity index (χ0) is 8.24. The molecule has 0 aliphatic heterocycles. The highest BCUT2D eigenvalue weighted by molar-refractivity contribution is 4.39. The van der Waals surface area contributed by atoms with Crippen LogP contribution in [0.1, 0.15) is 6.92 Å². The van der Waals surface area contributed by atoms with E-state index in [9.17, 15) is 0 Å². The first-order valence-corrected chi connectivity index (χ1v) is 3.45. The molecular weight excluding hydrogens is 151 g/mol. The van der Waals surface area contributed by atoms with Crippen LogP contribution < -0.4 is 11.1 Å². The number of rotatable bonds is 4.